The van der Waals surface area contributed by atoms with E-state index in [2.05, 4.69) is 35.7 Å². The van der Waals surface area contributed by atoms with Gasteiger partial charge in [-0.15, -0.1) is 20.4 Å². The van der Waals surface area contributed by atoms with Crippen molar-refractivity contribution in [1.82, 2.24) is 30.0 Å². The fraction of sp³-hybridized carbons (Fsp3) is 0.409. The van der Waals surface area contributed by atoms with Gasteiger partial charge in [0.15, 0.2) is 5.69 Å². The van der Waals surface area contributed by atoms with Crippen LogP contribution in [0.4, 0.5) is 11.5 Å². The SMILES string of the molecule is Cc1nnc2c(N=Nc3n[nH]c(C(C)(C)C)c3S(=O)(=O)c3ccccc3)c(C(C)(C)C)[nH]n12. The summed E-state index contributed by atoms with van der Waals surface area (Å²) >= 11 is 0. The molecule has 0 aliphatic carbocycles. The van der Waals surface area contributed by atoms with Gasteiger partial charge in [0, 0.05) is 10.8 Å². The molecule has 0 atom stereocenters. The smallest absolute Gasteiger partial charge is 0.214 e. The molecule has 11 heteroatoms. The summed E-state index contributed by atoms with van der Waals surface area (Å²) in [5.41, 5.74) is 1.47. The first-order valence-corrected chi connectivity index (χ1v) is 12.0. The van der Waals surface area contributed by atoms with E-state index in [9.17, 15) is 8.42 Å². The maximum atomic E-state index is 13.6. The lowest BCUT2D eigenvalue weighted by molar-refractivity contribution is 0.546. The van der Waals surface area contributed by atoms with Crippen LogP contribution in [0.3, 0.4) is 0 Å². The van der Waals surface area contributed by atoms with E-state index in [1.165, 1.54) is 0 Å². The van der Waals surface area contributed by atoms with Gasteiger partial charge in [-0.2, -0.15) is 5.10 Å². The Morgan fingerprint density at radius 1 is 0.909 bits per heavy atom. The second-order valence-corrected chi connectivity index (χ2v) is 11.9. The molecule has 10 nitrogen and oxygen atoms in total. The van der Waals surface area contributed by atoms with E-state index in [0.29, 0.717) is 22.9 Å². The van der Waals surface area contributed by atoms with Crippen molar-refractivity contribution in [2.75, 3.05) is 0 Å². The van der Waals surface area contributed by atoms with E-state index in [0.717, 1.165) is 5.69 Å². The van der Waals surface area contributed by atoms with E-state index in [1.54, 1.807) is 34.8 Å². The number of rotatable bonds is 4. The van der Waals surface area contributed by atoms with Gasteiger partial charge in [-0.3, -0.25) is 10.2 Å². The average molecular weight is 469 g/mol. The molecule has 2 N–H and O–H groups in total. The summed E-state index contributed by atoms with van der Waals surface area (Å²) in [7, 11) is -3.90. The number of H-pyrrole nitrogens is 2. The number of nitrogens with zero attached hydrogens (tertiary/aromatic N) is 6. The Hall–Kier alpha value is -3.34. The molecular formula is C22H28N8O2S. The Morgan fingerprint density at radius 2 is 1.55 bits per heavy atom. The van der Waals surface area contributed by atoms with Gasteiger partial charge in [-0.05, 0) is 19.1 Å². The average Bonchev–Trinajstić information content (AvgIpc) is 3.41. The molecule has 0 bridgehead atoms. The number of benzene rings is 1. The number of aromatic nitrogens is 6. The molecule has 1 aromatic carbocycles. The maximum Gasteiger partial charge on any atom is 0.214 e. The zero-order chi connectivity index (χ0) is 24.2. The molecule has 0 unspecified atom stereocenters. The fourth-order valence-electron chi connectivity index (χ4n) is 3.51. The van der Waals surface area contributed by atoms with Crippen LogP contribution in [0, 0.1) is 6.92 Å². The summed E-state index contributed by atoms with van der Waals surface area (Å²) in [6.07, 6.45) is 0. The van der Waals surface area contributed by atoms with Crippen LogP contribution in [0.5, 0.6) is 0 Å². The summed E-state index contributed by atoms with van der Waals surface area (Å²) in [5, 5.41) is 27.4. The maximum absolute atomic E-state index is 13.6. The predicted molar refractivity (Wildman–Crippen MR) is 124 cm³/mol. The van der Waals surface area contributed by atoms with Crippen LogP contribution in [0.2, 0.25) is 0 Å². The first-order chi connectivity index (χ1) is 15.3. The normalized spacial score (nSPS) is 13.4. The molecule has 0 saturated carbocycles. The first-order valence-electron chi connectivity index (χ1n) is 10.6. The van der Waals surface area contributed by atoms with Crippen LogP contribution in [-0.4, -0.2) is 38.4 Å². The molecule has 4 rings (SSSR count). The van der Waals surface area contributed by atoms with Gasteiger partial charge < -0.3 is 0 Å². The Labute approximate surface area is 192 Å². The molecule has 33 heavy (non-hydrogen) atoms. The second-order valence-electron chi connectivity index (χ2n) is 10.0. The van der Waals surface area contributed by atoms with Crippen molar-refractivity contribution in [3.05, 3.63) is 47.5 Å². The van der Waals surface area contributed by atoms with Gasteiger partial charge in [0.2, 0.25) is 21.3 Å². The van der Waals surface area contributed by atoms with Crippen molar-refractivity contribution in [3.8, 4) is 0 Å². The second kappa shape index (κ2) is 7.62. The van der Waals surface area contributed by atoms with Crippen molar-refractivity contribution < 1.29 is 8.42 Å². The lowest BCUT2D eigenvalue weighted by Crippen LogP contribution is -2.16. The Balaban J connectivity index is 1.92. The summed E-state index contributed by atoms with van der Waals surface area (Å²) in [4.78, 5) is 0.187. The van der Waals surface area contributed by atoms with Crippen molar-refractivity contribution in [3.63, 3.8) is 0 Å². The molecule has 174 valence electrons. The molecule has 0 saturated heterocycles. The number of hydrogen-bond donors (Lipinski definition) is 2. The highest BCUT2D eigenvalue weighted by Gasteiger charge is 2.34. The van der Waals surface area contributed by atoms with E-state index >= 15 is 0 Å². The van der Waals surface area contributed by atoms with Gasteiger partial charge in [0.25, 0.3) is 0 Å². The molecular weight excluding hydrogens is 440 g/mol. The third kappa shape index (κ3) is 3.97. The van der Waals surface area contributed by atoms with Crippen LogP contribution in [0.25, 0.3) is 5.65 Å². The number of nitrogens with one attached hydrogen (secondary N) is 2. The number of aryl methyl sites for hydroxylation is 1. The molecule has 3 heterocycles. The molecule has 4 aromatic rings. The summed E-state index contributed by atoms with van der Waals surface area (Å²) < 4.78 is 28.9. The molecule has 3 aromatic heterocycles. The van der Waals surface area contributed by atoms with Gasteiger partial charge >= 0.3 is 0 Å². The van der Waals surface area contributed by atoms with Crippen LogP contribution >= 0.6 is 0 Å². The highest BCUT2D eigenvalue weighted by molar-refractivity contribution is 7.91. The summed E-state index contributed by atoms with van der Waals surface area (Å²) in [6.45, 7) is 13.7. The van der Waals surface area contributed by atoms with E-state index in [-0.39, 0.29) is 21.0 Å². The monoisotopic (exact) mass is 468 g/mol. The Bertz CT molecular complexity index is 1450. The number of fused-ring (bicyclic) bond motifs is 1. The minimum Gasteiger partial charge on any atom is -0.292 e. The third-order valence-corrected chi connectivity index (χ3v) is 7.08. The first kappa shape index (κ1) is 22.8. The fourth-order valence-corrected chi connectivity index (χ4v) is 5.21. The quantitative estimate of drug-likeness (QED) is 0.410. The summed E-state index contributed by atoms with van der Waals surface area (Å²) in [5.74, 6) is 0.679. The topological polar surface area (TPSA) is 134 Å². The van der Waals surface area contributed by atoms with E-state index in [1.807, 2.05) is 48.5 Å². The Kier molecular flexibility index (Phi) is 5.27. The summed E-state index contributed by atoms with van der Waals surface area (Å²) in [6, 6.07) is 8.25. The largest absolute Gasteiger partial charge is 0.292 e. The van der Waals surface area contributed by atoms with Gasteiger partial charge in [0.1, 0.15) is 10.7 Å². The number of sulfone groups is 1. The molecule has 0 aliphatic heterocycles. The van der Waals surface area contributed by atoms with Crippen molar-refractivity contribution >= 4 is 27.0 Å². The van der Waals surface area contributed by atoms with Crippen molar-refractivity contribution in [1.29, 1.82) is 0 Å². The molecule has 0 aliphatic rings. The highest BCUT2D eigenvalue weighted by Crippen LogP contribution is 2.39. The molecule has 0 radical (unpaired) electrons. The molecule has 0 amide bonds. The van der Waals surface area contributed by atoms with Gasteiger partial charge in [-0.25, -0.2) is 12.9 Å². The van der Waals surface area contributed by atoms with Crippen molar-refractivity contribution in [2.24, 2.45) is 10.2 Å². The van der Waals surface area contributed by atoms with Crippen LogP contribution in [0.1, 0.15) is 58.8 Å². The molecule has 0 spiro atoms. The van der Waals surface area contributed by atoms with Gasteiger partial charge in [-0.1, -0.05) is 59.7 Å². The Morgan fingerprint density at radius 3 is 2.15 bits per heavy atom. The predicted octanol–water partition coefficient (Wildman–Crippen LogP) is 4.93. The highest BCUT2D eigenvalue weighted by atomic mass is 32.2. The third-order valence-electron chi connectivity index (χ3n) is 5.27. The zero-order valence-corrected chi connectivity index (χ0v) is 20.6. The van der Waals surface area contributed by atoms with E-state index in [4.69, 9.17) is 0 Å². The van der Waals surface area contributed by atoms with Crippen molar-refractivity contribution in [2.45, 2.75) is 69.1 Å². The van der Waals surface area contributed by atoms with Gasteiger partial charge in [0.05, 0.1) is 16.3 Å². The minimum atomic E-state index is -3.90. The van der Waals surface area contributed by atoms with E-state index < -0.39 is 15.3 Å². The number of aromatic amines is 2. The van der Waals surface area contributed by atoms with Crippen LogP contribution < -0.4 is 0 Å². The molecule has 0 fully saturated rings. The lowest BCUT2D eigenvalue weighted by Gasteiger charge is -2.18. The minimum absolute atomic E-state index is 0.000718. The van der Waals surface area contributed by atoms with Crippen LogP contribution in [-0.2, 0) is 20.7 Å². The standard InChI is InChI=1S/C22H28N8O2S/c1-13-23-28-20-15(17(21(2,3)4)29-30(13)20)24-26-19-16(18(25-27-19)22(5,6)7)33(31,32)14-11-9-8-10-12-14/h8-12,29H,1-7H3,(H,25,27). The van der Waals surface area contributed by atoms with Crippen LogP contribution in [0.15, 0.2) is 50.4 Å². The lowest BCUT2D eigenvalue weighted by atomic mass is 9.91. The number of hydrogen-bond acceptors (Lipinski definition) is 7. The number of azo groups is 1. The zero-order valence-electron chi connectivity index (χ0n) is 19.8.